The highest BCUT2D eigenvalue weighted by atomic mass is 16.5. The van der Waals surface area contributed by atoms with Crippen LogP contribution in [-0.4, -0.2) is 30.3 Å². The van der Waals surface area contributed by atoms with E-state index in [-0.39, 0.29) is 0 Å². The van der Waals surface area contributed by atoms with Crippen molar-refractivity contribution in [2.45, 2.75) is 38.8 Å². The molecule has 1 aliphatic rings. The molecule has 1 unspecified atom stereocenters. The molecule has 0 spiro atoms. The maximum Gasteiger partial charge on any atom is 0.320 e. The lowest BCUT2D eigenvalue weighted by Gasteiger charge is -2.16. The molecule has 0 bridgehead atoms. The van der Waals surface area contributed by atoms with Gasteiger partial charge in [0.1, 0.15) is 6.04 Å². The van der Waals surface area contributed by atoms with Crippen LogP contribution in [0.2, 0.25) is 0 Å². The van der Waals surface area contributed by atoms with E-state index in [1.165, 1.54) is 0 Å². The smallest absolute Gasteiger partial charge is 0.320 e. The van der Waals surface area contributed by atoms with Crippen LogP contribution in [0.4, 0.5) is 0 Å². The van der Waals surface area contributed by atoms with Crippen molar-refractivity contribution < 1.29 is 19.4 Å². The predicted octanol–water partition coefficient (Wildman–Crippen LogP) is 2.19. The van der Waals surface area contributed by atoms with Crippen molar-refractivity contribution >= 4 is 5.97 Å². The largest absolute Gasteiger partial charge is 0.490 e. The first kappa shape index (κ1) is 14.7. The number of aliphatic carboxylic acids is 1. The summed E-state index contributed by atoms with van der Waals surface area (Å²) in [7, 11) is 0. The van der Waals surface area contributed by atoms with Crippen LogP contribution in [0, 0.1) is 0 Å². The Hall–Kier alpha value is -1.75. The summed E-state index contributed by atoms with van der Waals surface area (Å²) in [6, 6.07) is 5.19. The quantitative estimate of drug-likeness (QED) is 0.835. The number of para-hydroxylation sites is 1. The molecule has 5 heteroatoms. The second kappa shape index (κ2) is 7.14. The van der Waals surface area contributed by atoms with Gasteiger partial charge in [0.05, 0.1) is 13.2 Å². The van der Waals surface area contributed by atoms with Gasteiger partial charge >= 0.3 is 5.97 Å². The molecule has 0 radical (unpaired) electrons. The highest BCUT2D eigenvalue weighted by Gasteiger charge is 2.18. The maximum absolute atomic E-state index is 11.1. The van der Waals surface area contributed by atoms with Gasteiger partial charge < -0.3 is 19.9 Å². The topological polar surface area (TPSA) is 67.8 Å². The molecule has 1 aliphatic heterocycles. The normalized spacial score (nSPS) is 15.4. The maximum atomic E-state index is 11.1. The molecule has 2 rings (SSSR count). The zero-order chi connectivity index (χ0) is 14.4. The average molecular weight is 279 g/mol. The summed E-state index contributed by atoms with van der Waals surface area (Å²) in [5, 5.41) is 12.2. The predicted molar refractivity (Wildman–Crippen MR) is 75.2 cm³/mol. The standard InChI is InChI=1S/C15H21NO4/c1-2-5-12(15(17)18)16-10-11-6-3-7-13-14(11)20-9-4-8-19-13/h3,6-7,12,16H,2,4-5,8-10H2,1H3,(H,17,18). The van der Waals surface area contributed by atoms with E-state index in [1.54, 1.807) is 0 Å². The van der Waals surface area contributed by atoms with Crippen LogP contribution in [-0.2, 0) is 11.3 Å². The van der Waals surface area contributed by atoms with E-state index in [0.717, 1.165) is 29.9 Å². The average Bonchev–Trinajstić information content (AvgIpc) is 2.68. The van der Waals surface area contributed by atoms with Crippen molar-refractivity contribution in [3.8, 4) is 11.5 Å². The Bertz CT molecular complexity index is 461. The Morgan fingerprint density at radius 3 is 2.95 bits per heavy atom. The van der Waals surface area contributed by atoms with Crippen LogP contribution in [0.15, 0.2) is 18.2 Å². The van der Waals surface area contributed by atoms with Gasteiger partial charge in [0, 0.05) is 18.5 Å². The minimum atomic E-state index is -0.814. The summed E-state index contributed by atoms with van der Waals surface area (Å²) in [5.74, 6) is 0.661. The van der Waals surface area contributed by atoms with Crippen molar-refractivity contribution in [1.29, 1.82) is 0 Å². The highest BCUT2D eigenvalue weighted by molar-refractivity contribution is 5.73. The number of carboxylic acid groups (broad SMARTS) is 1. The van der Waals surface area contributed by atoms with Crippen molar-refractivity contribution in [2.75, 3.05) is 13.2 Å². The van der Waals surface area contributed by atoms with Gasteiger partial charge in [-0.1, -0.05) is 25.5 Å². The van der Waals surface area contributed by atoms with E-state index in [9.17, 15) is 4.79 Å². The molecule has 0 aromatic heterocycles. The van der Waals surface area contributed by atoms with E-state index in [2.05, 4.69) is 5.32 Å². The van der Waals surface area contributed by atoms with Gasteiger partial charge in [0.2, 0.25) is 0 Å². The van der Waals surface area contributed by atoms with Crippen LogP contribution < -0.4 is 14.8 Å². The monoisotopic (exact) mass is 279 g/mol. The van der Waals surface area contributed by atoms with E-state index in [1.807, 2.05) is 25.1 Å². The van der Waals surface area contributed by atoms with Crippen molar-refractivity contribution in [3.63, 3.8) is 0 Å². The molecule has 5 nitrogen and oxygen atoms in total. The summed E-state index contributed by atoms with van der Waals surface area (Å²) < 4.78 is 11.3. The first-order valence-corrected chi connectivity index (χ1v) is 7.06. The lowest BCUT2D eigenvalue weighted by Crippen LogP contribution is -2.36. The van der Waals surface area contributed by atoms with E-state index in [0.29, 0.717) is 26.2 Å². The third-order valence-electron chi connectivity index (χ3n) is 3.27. The van der Waals surface area contributed by atoms with Gasteiger partial charge in [0.15, 0.2) is 11.5 Å². The summed E-state index contributed by atoms with van der Waals surface area (Å²) in [6.45, 7) is 3.71. The van der Waals surface area contributed by atoms with Gasteiger partial charge in [-0.25, -0.2) is 0 Å². The van der Waals surface area contributed by atoms with Gasteiger partial charge in [-0.3, -0.25) is 4.79 Å². The number of rotatable bonds is 6. The summed E-state index contributed by atoms with van der Waals surface area (Å²) in [6.07, 6.45) is 2.30. The number of ether oxygens (including phenoxy) is 2. The number of benzene rings is 1. The Morgan fingerprint density at radius 2 is 2.20 bits per heavy atom. The Kier molecular flexibility index (Phi) is 5.24. The summed E-state index contributed by atoms with van der Waals surface area (Å²) in [4.78, 5) is 11.1. The van der Waals surface area contributed by atoms with E-state index < -0.39 is 12.0 Å². The van der Waals surface area contributed by atoms with Crippen LogP contribution in [0.3, 0.4) is 0 Å². The molecule has 1 atom stereocenters. The minimum absolute atomic E-state index is 0.462. The SMILES string of the molecule is CCCC(NCc1cccc2c1OCCCO2)C(=O)O. The zero-order valence-electron chi connectivity index (χ0n) is 11.7. The second-order valence-corrected chi connectivity index (χ2v) is 4.86. The Balaban J connectivity index is 2.07. The van der Waals surface area contributed by atoms with Crippen LogP contribution in [0.25, 0.3) is 0 Å². The first-order valence-electron chi connectivity index (χ1n) is 7.06. The first-order chi connectivity index (χ1) is 9.72. The third kappa shape index (κ3) is 3.63. The molecule has 20 heavy (non-hydrogen) atoms. The van der Waals surface area contributed by atoms with Crippen molar-refractivity contribution in [3.05, 3.63) is 23.8 Å². The van der Waals surface area contributed by atoms with Crippen LogP contribution in [0.5, 0.6) is 11.5 Å². The number of nitrogens with one attached hydrogen (secondary N) is 1. The molecule has 2 N–H and O–H groups in total. The van der Waals surface area contributed by atoms with Crippen molar-refractivity contribution in [2.24, 2.45) is 0 Å². The molecule has 0 saturated heterocycles. The fraction of sp³-hybridized carbons (Fsp3) is 0.533. The summed E-state index contributed by atoms with van der Waals surface area (Å²) in [5.41, 5.74) is 0.937. The van der Waals surface area contributed by atoms with Gasteiger partial charge in [-0.2, -0.15) is 0 Å². The Morgan fingerprint density at radius 1 is 1.40 bits per heavy atom. The van der Waals surface area contributed by atoms with Gasteiger partial charge in [-0.05, 0) is 12.5 Å². The molecule has 0 amide bonds. The van der Waals surface area contributed by atoms with Gasteiger partial charge in [-0.15, -0.1) is 0 Å². The highest BCUT2D eigenvalue weighted by Crippen LogP contribution is 2.33. The fourth-order valence-electron chi connectivity index (χ4n) is 2.23. The summed E-state index contributed by atoms with van der Waals surface area (Å²) >= 11 is 0. The molecule has 1 aromatic rings. The second-order valence-electron chi connectivity index (χ2n) is 4.86. The third-order valence-corrected chi connectivity index (χ3v) is 3.27. The van der Waals surface area contributed by atoms with Crippen molar-refractivity contribution in [1.82, 2.24) is 5.32 Å². The molecular weight excluding hydrogens is 258 g/mol. The lowest BCUT2D eigenvalue weighted by molar-refractivity contribution is -0.139. The molecule has 110 valence electrons. The number of hydrogen-bond donors (Lipinski definition) is 2. The van der Waals surface area contributed by atoms with Gasteiger partial charge in [0.25, 0.3) is 0 Å². The Labute approximate surface area is 118 Å². The molecule has 0 aliphatic carbocycles. The number of fused-ring (bicyclic) bond motifs is 1. The zero-order valence-corrected chi connectivity index (χ0v) is 11.7. The van der Waals surface area contributed by atoms with Crippen LogP contribution >= 0.6 is 0 Å². The molecule has 1 heterocycles. The lowest BCUT2D eigenvalue weighted by atomic mass is 10.1. The fourth-order valence-corrected chi connectivity index (χ4v) is 2.23. The number of carbonyl (C=O) groups is 1. The molecular formula is C15H21NO4. The molecule has 0 fully saturated rings. The molecule has 0 saturated carbocycles. The number of carboxylic acids is 1. The minimum Gasteiger partial charge on any atom is -0.490 e. The number of hydrogen-bond acceptors (Lipinski definition) is 4. The van der Waals surface area contributed by atoms with E-state index in [4.69, 9.17) is 14.6 Å². The van der Waals surface area contributed by atoms with E-state index >= 15 is 0 Å². The van der Waals surface area contributed by atoms with Crippen LogP contribution in [0.1, 0.15) is 31.7 Å². The molecule has 1 aromatic carbocycles.